The quantitative estimate of drug-likeness (QED) is 0.652. The zero-order valence-corrected chi connectivity index (χ0v) is 19.1. The van der Waals surface area contributed by atoms with Gasteiger partial charge in [-0.15, -0.1) is 0 Å². The highest BCUT2D eigenvalue weighted by Gasteiger charge is 2.27. The highest BCUT2D eigenvalue weighted by atomic mass is 16.5. The molecule has 2 aromatic carbocycles. The van der Waals surface area contributed by atoms with Gasteiger partial charge in [0.25, 0.3) is 11.8 Å². The molecule has 0 saturated heterocycles. The van der Waals surface area contributed by atoms with Crippen LogP contribution in [0.4, 0.5) is 5.69 Å². The normalized spacial score (nSPS) is 12.2. The molecule has 0 spiro atoms. The maximum absolute atomic E-state index is 12.6. The van der Waals surface area contributed by atoms with Crippen molar-refractivity contribution in [1.82, 2.24) is 5.32 Å². The molecule has 2 aromatic rings. The number of benzene rings is 2. The third kappa shape index (κ3) is 7.24. The highest BCUT2D eigenvalue weighted by Crippen LogP contribution is 2.22. The predicted octanol–water partition coefficient (Wildman–Crippen LogP) is 4.23. The summed E-state index contributed by atoms with van der Waals surface area (Å²) in [6.07, 6.45) is 0. The summed E-state index contributed by atoms with van der Waals surface area (Å²) in [5.41, 5.74) is 3.20. The Balaban J connectivity index is 1.95. The Bertz CT molecular complexity index is 927. The van der Waals surface area contributed by atoms with Gasteiger partial charge in [0.05, 0.1) is 0 Å². The van der Waals surface area contributed by atoms with Crippen molar-refractivity contribution in [3.05, 3.63) is 65.2 Å². The molecule has 166 valence electrons. The third-order valence-corrected chi connectivity index (χ3v) is 4.87. The lowest BCUT2D eigenvalue weighted by Gasteiger charge is -2.22. The fourth-order valence-electron chi connectivity index (χ4n) is 2.99. The Morgan fingerprint density at radius 1 is 1.00 bits per heavy atom. The maximum Gasteiger partial charge on any atom is 0.329 e. The van der Waals surface area contributed by atoms with E-state index in [-0.39, 0.29) is 17.2 Å². The van der Waals surface area contributed by atoms with Crippen LogP contribution in [-0.2, 0) is 19.7 Å². The van der Waals surface area contributed by atoms with Crippen LogP contribution in [-0.4, -0.2) is 30.4 Å². The van der Waals surface area contributed by atoms with Gasteiger partial charge in [0.2, 0.25) is 0 Å². The average Bonchev–Trinajstić information content (AvgIpc) is 2.69. The molecule has 31 heavy (non-hydrogen) atoms. The fourth-order valence-corrected chi connectivity index (χ4v) is 2.99. The molecule has 2 amide bonds. The second-order valence-corrected chi connectivity index (χ2v) is 9.05. The molecular formula is C25H32N2O4. The molecule has 0 aliphatic carbocycles. The van der Waals surface area contributed by atoms with Gasteiger partial charge in [-0.05, 0) is 53.6 Å². The van der Waals surface area contributed by atoms with E-state index in [0.717, 1.165) is 11.1 Å². The van der Waals surface area contributed by atoms with Crippen molar-refractivity contribution in [2.45, 2.75) is 53.0 Å². The topological polar surface area (TPSA) is 84.5 Å². The van der Waals surface area contributed by atoms with E-state index in [0.29, 0.717) is 11.3 Å². The summed E-state index contributed by atoms with van der Waals surface area (Å²) in [6, 6.07) is 13.8. The van der Waals surface area contributed by atoms with Gasteiger partial charge in [0.1, 0.15) is 6.04 Å². The smallest absolute Gasteiger partial charge is 0.329 e. The zero-order chi connectivity index (χ0) is 23.2. The van der Waals surface area contributed by atoms with Crippen LogP contribution in [0.2, 0.25) is 0 Å². The molecule has 6 nitrogen and oxygen atoms in total. The number of hydrogen-bond acceptors (Lipinski definition) is 4. The van der Waals surface area contributed by atoms with Crippen molar-refractivity contribution in [2.24, 2.45) is 5.92 Å². The van der Waals surface area contributed by atoms with E-state index in [4.69, 9.17) is 4.74 Å². The molecule has 0 fully saturated rings. The molecule has 0 bridgehead atoms. The molecule has 0 aliphatic heterocycles. The van der Waals surface area contributed by atoms with Crippen LogP contribution in [0, 0.1) is 12.8 Å². The number of ether oxygens (including phenoxy) is 1. The lowest BCUT2D eigenvalue weighted by Crippen LogP contribution is -2.46. The van der Waals surface area contributed by atoms with Crippen LogP contribution >= 0.6 is 0 Å². The second kappa shape index (κ2) is 10.2. The van der Waals surface area contributed by atoms with Crippen molar-refractivity contribution < 1.29 is 19.1 Å². The van der Waals surface area contributed by atoms with E-state index in [1.54, 1.807) is 18.2 Å². The molecular weight excluding hydrogens is 392 g/mol. The molecule has 0 radical (unpaired) electrons. The molecule has 0 aromatic heterocycles. The van der Waals surface area contributed by atoms with Gasteiger partial charge in [-0.2, -0.15) is 0 Å². The Kier molecular flexibility index (Phi) is 7.97. The maximum atomic E-state index is 12.6. The van der Waals surface area contributed by atoms with Gasteiger partial charge in [-0.1, -0.05) is 58.9 Å². The minimum Gasteiger partial charge on any atom is -0.454 e. The minimum absolute atomic E-state index is 0.0156. The number of amides is 2. The van der Waals surface area contributed by atoms with Gasteiger partial charge < -0.3 is 15.4 Å². The number of esters is 1. The van der Waals surface area contributed by atoms with E-state index in [1.165, 1.54) is 0 Å². The van der Waals surface area contributed by atoms with Gasteiger partial charge in [-0.3, -0.25) is 9.59 Å². The van der Waals surface area contributed by atoms with E-state index < -0.39 is 24.5 Å². The van der Waals surface area contributed by atoms with Crippen molar-refractivity contribution in [3.63, 3.8) is 0 Å². The number of carbonyl (C=O) groups excluding carboxylic acids is 3. The summed E-state index contributed by atoms with van der Waals surface area (Å²) in [5.74, 6) is -1.65. The summed E-state index contributed by atoms with van der Waals surface area (Å²) < 4.78 is 5.16. The molecule has 0 unspecified atom stereocenters. The Morgan fingerprint density at radius 3 is 2.19 bits per heavy atom. The Hall–Kier alpha value is -3.15. The van der Waals surface area contributed by atoms with Crippen LogP contribution in [0.5, 0.6) is 0 Å². The van der Waals surface area contributed by atoms with Gasteiger partial charge in [0.15, 0.2) is 6.61 Å². The molecule has 0 aliphatic rings. The van der Waals surface area contributed by atoms with Crippen LogP contribution < -0.4 is 10.6 Å². The van der Waals surface area contributed by atoms with Gasteiger partial charge in [-0.25, -0.2) is 4.79 Å². The minimum atomic E-state index is -0.860. The Labute approximate surface area is 184 Å². The summed E-state index contributed by atoms with van der Waals surface area (Å²) in [6.45, 7) is 11.4. The fraction of sp³-hybridized carbons (Fsp3) is 0.400. The standard InChI is InChI=1S/C25H32N2O4/c1-16(2)22(27-23(29)18-10-12-19(13-11-18)25(4,5)6)24(30)31-15-21(28)26-20-9-7-8-17(3)14-20/h7-14,16,22H,15H2,1-6H3,(H,26,28)(H,27,29)/t22-/m0/s1. The largest absolute Gasteiger partial charge is 0.454 e. The Morgan fingerprint density at radius 2 is 1.65 bits per heavy atom. The molecule has 2 N–H and O–H groups in total. The van der Waals surface area contributed by atoms with Crippen LogP contribution in [0.15, 0.2) is 48.5 Å². The SMILES string of the molecule is Cc1cccc(NC(=O)COC(=O)[C@@H](NC(=O)c2ccc(C(C)(C)C)cc2)C(C)C)c1. The second-order valence-electron chi connectivity index (χ2n) is 9.05. The molecule has 6 heteroatoms. The third-order valence-electron chi connectivity index (χ3n) is 4.87. The molecule has 2 rings (SSSR count). The first-order valence-electron chi connectivity index (χ1n) is 10.4. The lowest BCUT2D eigenvalue weighted by molar-refractivity contribution is -0.150. The van der Waals surface area contributed by atoms with Crippen LogP contribution in [0.1, 0.15) is 56.1 Å². The van der Waals surface area contributed by atoms with Gasteiger partial charge >= 0.3 is 5.97 Å². The number of aryl methyl sites for hydroxylation is 1. The summed E-state index contributed by atoms with van der Waals surface area (Å²) in [4.78, 5) is 37.3. The van der Waals surface area contributed by atoms with E-state index in [2.05, 4.69) is 31.4 Å². The first kappa shape index (κ1) is 24.1. The predicted molar refractivity (Wildman–Crippen MR) is 122 cm³/mol. The molecule has 0 saturated carbocycles. The van der Waals surface area contributed by atoms with E-state index in [9.17, 15) is 14.4 Å². The number of hydrogen-bond donors (Lipinski definition) is 2. The summed E-state index contributed by atoms with van der Waals surface area (Å²) in [7, 11) is 0. The first-order chi connectivity index (χ1) is 14.5. The summed E-state index contributed by atoms with van der Waals surface area (Å²) in [5, 5.41) is 5.41. The van der Waals surface area contributed by atoms with Crippen molar-refractivity contribution in [2.75, 3.05) is 11.9 Å². The van der Waals surface area contributed by atoms with E-state index >= 15 is 0 Å². The van der Waals surface area contributed by atoms with Crippen molar-refractivity contribution in [1.29, 1.82) is 0 Å². The van der Waals surface area contributed by atoms with Crippen molar-refractivity contribution >= 4 is 23.5 Å². The lowest BCUT2D eigenvalue weighted by atomic mass is 9.86. The number of carbonyl (C=O) groups is 3. The monoisotopic (exact) mass is 424 g/mol. The highest BCUT2D eigenvalue weighted by molar-refractivity contribution is 5.97. The number of rotatable bonds is 7. The van der Waals surface area contributed by atoms with Gasteiger partial charge in [0, 0.05) is 11.3 Å². The van der Waals surface area contributed by atoms with Crippen molar-refractivity contribution in [3.8, 4) is 0 Å². The van der Waals surface area contributed by atoms with Crippen LogP contribution in [0.25, 0.3) is 0 Å². The van der Waals surface area contributed by atoms with E-state index in [1.807, 2.05) is 51.1 Å². The molecule has 0 heterocycles. The first-order valence-corrected chi connectivity index (χ1v) is 10.4. The summed E-state index contributed by atoms with van der Waals surface area (Å²) >= 11 is 0. The molecule has 1 atom stereocenters. The van der Waals surface area contributed by atoms with Crippen LogP contribution in [0.3, 0.4) is 0 Å². The number of anilines is 1. The average molecular weight is 425 g/mol. The number of nitrogens with one attached hydrogen (secondary N) is 2. The zero-order valence-electron chi connectivity index (χ0n) is 19.1.